The zero-order valence-electron chi connectivity index (χ0n) is 24.9. The van der Waals surface area contributed by atoms with Crippen molar-refractivity contribution >= 4 is 21.7 Å². The predicted molar refractivity (Wildman–Crippen MR) is 161 cm³/mol. The number of benzene rings is 2. The summed E-state index contributed by atoms with van der Waals surface area (Å²) in [6.45, 7) is 9.14. The van der Waals surface area contributed by atoms with Crippen LogP contribution in [0.4, 0.5) is 5.82 Å². The largest absolute Gasteiger partial charge is 0.377 e. The number of aliphatic imine (C=N–C) groups is 1. The van der Waals surface area contributed by atoms with E-state index in [1.807, 2.05) is 36.3 Å². The first kappa shape index (κ1) is 28.9. The Morgan fingerprint density at radius 1 is 1.10 bits per heavy atom. The van der Waals surface area contributed by atoms with Crippen molar-refractivity contribution < 1.29 is 22.5 Å². The van der Waals surface area contributed by atoms with Crippen molar-refractivity contribution in [3.8, 4) is 11.1 Å². The Morgan fingerprint density at radius 2 is 1.88 bits per heavy atom. The summed E-state index contributed by atoms with van der Waals surface area (Å²) in [5, 5.41) is 5.90. The highest BCUT2D eigenvalue weighted by atomic mass is 32.2. The molecule has 224 valence electrons. The number of hydroxylamine groups is 2. The highest BCUT2D eigenvalue weighted by molar-refractivity contribution is 7.92. The van der Waals surface area contributed by atoms with Gasteiger partial charge < -0.3 is 9.26 Å². The lowest BCUT2D eigenvalue weighted by molar-refractivity contribution is -0.186. The van der Waals surface area contributed by atoms with Gasteiger partial charge in [0.2, 0.25) is 0 Å². The van der Waals surface area contributed by atoms with E-state index in [2.05, 4.69) is 22.9 Å². The Balaban J connectivity index is 1.30. The Labute approximate surface area is 248 Å². The smallest absolute Gasteiger partial charge is 0.263 e. The van der Waals surface area contributed by atoms with Gasteiger partial charge in [0.1, 0.15) is 11.6 Å². The third-order valence-corrected chi connectivity index (χ3v) is 10.1. The maximum absolute atomic E-state index is 13.6. The predicted octanol–water partition coefficient (Wildman–Crippen LogP) is 6.76. The molecule has 2 aromatic carbocycles. The molecule has 0 amide bonds. The van der Waals surface area contributed by atoms with Crippen LogP contribution >= 0.6 is 0 Å². The first-order valence-electron chi connectivity index (χ1n) is 15.0. The summed E-state index contributed by atoms with van der Waals surface area (Å²) in [5.41, 5.74) is 3.64. The molecule has 2 atom stereocenters. The second-order valence-electron chi connectivity index (χ2n) is 11.8. The number of fused-ring (bicyclic) bond motifs is 1. The third-order valence-electron chi connectivity index (χ3n) is 8.70. The van der Waals surface area contributed by atoms with E-state index in [1.54, 1.807) is 26.0 Å². The van der Waals surface area contributed by atoms with Crippen LogP contribution in [-0.4, -0.2) is 36.8 Å². The van der Waals surface area contributed by atoms with Gasteiger partial charge in [-0.25, -0.2) is 23.3 Å². The van der Waals surface area contributed by atoms with Crippen molar-refractivity contribution in [1.29, 1.82) is 0 Å². The van der Waals surface area contributed by atoms with Crippen molar-refractivity contribution in [3.63, 3.8) is 0 Å². The fourth-order valence-electron chi connectivity index (χ4n) is 6.21. The molecule has 1 aromatic heterocycles. The van der Waals surface area contributed by atoms with Gasteiger partial charge in [0, 0.05) is 37.0 Å². The maximum atomic E-state index is 13.6. The number of ether oxygens (including phenoxy) is 1. The number of hydrogen-bond acceptors (Lipinski definition) is 8. The first-order chi connectivity index (χ1) is 20.2. The lowest BCUT2D eigenvalue weighted by Gasteiger charge is -2.26. The van der Waals surface area contributed by atoms with Crippen LogP contribution < -0.4 is 4.72 Å². The molecule has 2 unspecified atom stereocenters. The van der Waals surface area contributed by atoms with Gasteiger partial charge >= 0.3 is 0 Å². The highest BCUT2D eigenvalue weighted by Crippen LogP contribution is 2.59. The van der Waals surface area contributed by atoms with E-state index < -0.39 is 10.0 Å². The molecule has 2 aliphatic carbocycles. The van der Waals surface area contributed by atoms with Crippen LogP contribution in [0.5, 0.6) is 0 Å². The number of aryl methyl sites for hydroxylation is 1. The van der Waals surface area contributed by atoms with Crippen molar-refractivity contribution in [2.24, 2.45) is 16.8 Å². The Morgan fingerprint density at radius 3 is 2.60 bits per heavy atom. The highest BCUT2D eigenvalue weighted by Gasteiger charge is 2.58. The van der Waals surface area contributed by atoms with Crippen molar-refractivity contribution in [1.82, 2.24) is 10.2 Å². The minimum Gasteiger partial charge on any atom is -0.377 e. The van der Waals surface area contributed by atoms with Crippen LogP contribution in [-0.2, 0) is 32.7 Å². The molecular weight excluding hydrogens is 552 g/mol. The number of nitrogens with one attached hydrogen (secondary N) is 1. The minimum absolute atomic E-state index is 0.161. The summed E-state index contributed by atoms with van der Waals surface area (Å²) in [6.07, 6.45) is 6.43. The van der Waals surface area contributed by atoms with Gasteiger partial charge in [-0.05, 0) is 68.2 Å². The standard InChI is InChI=1S/C32H40N4O5S/c1-5-7-12-30-33-32(17-24-16-25(24)18-32)41-36(30)19-23-13-14-27(26(15-23)20-39-6-2)28-10-8-9-11-29(28)42(37,38)35-31-21(3)22(4)40-34-31/h8-11,13-15,24-25H,5-7,12,16-20H2,1-4H3,(H,34,35). The van der Waals surface area contributed by atoms with Gasteiger partial charge in [-0.15, -0.1) is 0 Å². The summed E-state index contributed by atoms with van der Waals surface area (Å²) in [6, 6.07) is 13.1. The zero-order valence-corrected chi connectivity index (χ0v) is 25.7. The molecule has 2 heterocycles. The number of hydrogen-bond donors (Lipinski definition) is 1. The number of aromatic nitrogens is 1. The normalized spacial score (nSPS) is 23.0. The SMILES string of the molecule is CCCCC1=NC2(CC3CC3C2)ON1Cc1ccc(-c2ccccc2S(=O)(=O)Nc2noc(C)c2C)c(COCC)c1. The van der Waals surface area contributed by atoms with Crippen LogP contribution in [0.25, 0.3) is 11.1 Å². The van der Waals surface area contributed by atoms with Crippen LogP contribution in [0.3, 0.4) is 0 Å². The Bertz CT molecular complexity index is 1590. The quantitative estimate of drug-likeness (QED) is 0.248. The summed E-state index contributed by atoms with van der Waals surface area (Å²) in [5.74, 6) is 3.32. The van der Waals surface area contributed by atoms with Gasteiger partial charge in [0.25, 0.3) is 10.0 Å². The average Bonchev–Trinajstić information content (AvgIpc) is 3.30. The Kier molecular flexibility index (Phi) is 7.89. The zero-order chi connectivity index (χ0) is 29.5. The lowest BCUT2D eigenvalue weighted by atomic mass is 9.97. The molecule has 0 radical (unpaired) electrons. The van der Waals surface area contributed by atoms with Gasteiger partial charge in [-0.2, -0.15) is 0 Å². The molecule has 3 aliphatic rings. The number of unbranched alkanes of at least 4 members (excludes halogenated alkanes) is 1. The van der Waals surface area contributed by atoms with E-state index in [0.29, 0.717) is 36.6 Å². The molecule has 2 saturated carbocycles. The van der Waals surface area contributed by atoms with Gasteiger partial charge in [0.15, 0.2) is 11.5 Å². The summed E-state index contributed by atoms with van der Waals surface area (Å²) in [7, 11) is -3.95. The molecular formula is C32H40N4O5S. The minimum atomic E-state index is -3.95. The summed E-state index contributed by atoms with van der Waals surface area (Å²) in [4.78, 5) is 11.9. The lowest BCUT2D eigenvalue weighted by Crippen LogP contribution is -2.32. The van der Waals surface area contributed by atoms with Crippen molar-refractivity contribution in [3.05, 3.63) is 64.9 Å². The van der Waals surface area contributed by atoms with Crippen LogP contribution in [0, 0.1) is 25.7 Å². The Hall–Kier alpha value is -3.21. The summed E-state index contributed by atoms with van der Waals surface area (Å²) >= 11 is 0. The average molecular weight is 593 g/mol. The van der Waals surface area contributed by atoms with Gasteiger partial charge in [-0.1, -0.05) is 54.9 Å². The number of anilines is 1. The monoisotopic (exact) mass is 592 g/mol. The molecule has 0 saturated heterocycles. The number of sulfonamides is 1. The number of amidine groups is 1. The molecule has 1 spiro atoms. The molecule has 10 heteroatoms. The van der Waals surface area contributed by atoms with Gasteiger partial charge in [0.05, 0.1) is 18.0 Å². The number of nitrogens with zero attached hydrogens (tertiary/aromatic N) is 3. The van der Waals surface area contributed by atoms with E-state index in [0.717, 1.165) is 66.5 Å². The topological polar surface area (TPSA) is 106 Å². The van der Waals surface area contributed by atoms with E-state index in [4.69, 9.17) is 19.1 Å². The molecule has 42 heavy (non-hydrogen) atoms. The maximum Gasteiger partial charge on any atom is 0.263 e. The van der Waals surface area contributed by atoms with Crippen molar-refractivity contribution in [2.75, 3.05) is 11.3 Å². The van der Waals surface area contributed by atoms with Crippen LogP contribution in [0.1, 0.15) is 74.8 Å². The molecule has 9 nitrogen and oxygen atoms in total. The van der Waals surface area contributed by atoms with E-state index in [1.165, 1.54) is 6.42 Å². The van der Waals surface area contributed by atoms with Crippen LogP contribution in [0.2, 0.25) is 0 Å². The van der Waals surface area contributed by atoms with Crippen LogP contribution in [0.15, 0.2) is 56.9 Å². The molecule has 1 aliphatic heterocycles. The molecule has 6 rings (SSSR count). The second-order valence-corrected chi connectivity index (χ2v) is 13.5. The third kappa shape index (κ3) is 5.72. The van der Waals surface area contributed by atoms with Crippen molar-refractivity contribution in [2.45, 2.75) is 90.0 Å². The number of rotatable bonds is 12. The first-order valence-corrected chi connectivity index (χ1v) is 16.5. The van der Waals surface area contributed by atoms with E-state index in [9.17, 15) is 8.42 Å². The molecule has 0 bridgehead atoms. The fraction of sp³-hybridized carbons (Fsp3) is 0.500. The van der Waals surface area contributed by atoms with E-state index >= 15 is 0 Å². The molecule has 3 aromatic rings. The molecule has 1 N–H and O–H groups in total. The second kappa shape index (κ2) is 11.5. The molecule has 2 fully saturated rings. The van der Waals surface area contributed by atoms with E-state index in [-0.39, 0.29) is 16.4 Å². The fourth-order valence-corrected chi connectivity index (χ4v) is 7.49. The summed E-state index contributed by atoms with van der Waals surface area (Å²) < 4.78 is 40.8. The van der Waals surface area contributed by atoms with Gasteiger partial charge in [-0.3, -0.25) is 4.72 Å².